The van der Waals surface area contributed by atoms with Crippen molar-refractivity contribution >= 4 is 31.9 Å². The average molecular weight is 358 g/mol. The lowest BCUT2D eigenvalue weighted by Gasteiger charge is -1.99. The van der Waals surface area contributed by atoms with E-state index in [9.17, 15) is 0 Å². The maximum Gasteiger partial charge on any atom is 0.247 e. The number of hydrogen-bond acceptors (Lipinski definition) is 0. The Bertz CT molecular complexity index is 455. The fraction of sp³-hybridized carbons (Fsp3) is 0.231. The van der Waals surface area contributed by atoms with Gasteiger partial charge in [-0.25, -0.2) is 0 Å². The molecule has 2 rings (SSSR count). The molecule has 4 heteroatoms. The van der Waals surface area contributed by atoms with E-state index in [4.69, 9.17) is 0 Å². The lowest BCUT2D eigenvalue weighted by Crippen LogP contribution is -2.40. The first kappa shape index (κ1) is 12.7. The van der Waals surface area contributed by atoms with Gasteiger partial charge >= 0.3 is 0 Å². The largest absolute Gasteiger partial charge is 0.247 e. The van der Waals surface area contributed by atoms with Crippen LogP contribution in [0.15, 0.2) is 58.0 Å². The van der Waals surface area contributed by atoms with E-state index in [0.717, 1.165) is 28.7 Å². The zero-order valence-corrected chi connectivity index (χ0v) is 12.6. The fourth-order valence-electron chi connectivity index (χ4n) is 1.69. The Hall–Kier alpha value is -0.740. The average Bonchev–Trinajstić information content (AvgIpc) is 2.34. The first-order valence-electron chi connectivity index (χ1n) is 5.55. The molecular formula is C13H14Br2N2+2. The van der Waals surface area contributed by atoms with Crippen molar-refractivity contribution in [2.24, 2.45) is 0 Å². The van der Waals surface area contributed by atoms with E-state index >= 15 is 0 Å². The summed E-state index contributed by atoms with van der Waals surface area (Å²) in [6.07, 6.45) is 5.28. The van der Waals surface area contributed by atoms with Crippen molar-refractivity contribution in [3.05, 3.63) is 58.0 Å². The number of hydrogen-bond donors (Lipinski definition) is 0. The van der Waals surface area contributed by atoms with Crippen molar-refractivity contribution < 1.29 is 9.13 Å². The predicted octanol–water partition coefficient (Wildman–Crippen LogP) is 2.88. The molecule has 0 saturated heterocycles. The summed E-state index contributed by atoms with van der Waals surface area (Å²) < 4.78 is 6.66. The molecule has 0 bridgehead atoms. The summed E-state index contributed by atoms with van der Waals surface area (Å²) in [6.45, 7) is 2.02. The lowest BCUT2D eigenvalue weighted by atomic mass is 10.3. The van der Waals surface area contributed by atoms with Crippen LogP contribution in [0.2, 0.25) is 0 Å². The molecule has 0 atom stereocenters. The topological polar surface area (TPSA) is 7.76 Å². The van der Waals surface area contributed by atoms with Crippen LogP contribution < -0.4 is 9.13 Å². The molecule has 2 nitrogen and oxygen atoms in total. The quantitative estimate of drug-likeness (QED) is 0.587. The van der Waals surface area contributed by atoms with E-state index in [1.54, 1.807) is 0 Å². The Morgan fingerprint density at radius 3 is 1.65 bits per heavy atom. The van der Waals surface area contributed by atoms with Crippen molar-refractivity contribution in [2.45, 2.75) is 19.5 Å². The number of rotatable bonds is 4. The van der Waals surface area contributed by atoms with Crippen LogP contribution in [0.4, 0.5) is 0 Å². The van der Waals surface area contributed by atoms with Crippen LogP contribution in [0.25, 0.3) is 0 Å². The Morgan fingerprint density at radius 1 is 0.765 bits per heavy atom. The number of halogens is 2. The molecule has 2 aromatic heterocycles. The molecule has 0 aliphatic carbocycles. The highest BCUT2D eigenvalue weighted by Crippen LogP contribution is 2.02. The summed E-state index contributed by atoms with van der Waals surface area (Å²) in [5.74, 6) is 0. The van der Waals surface area contributed by atoms with Gasteiger partial charge in [0, 0.05) is 56.1 Å². The number of pyridine rings is 2. The van der Waals surface area contributed by atoms with Gasteiger partial charge < -0.3 is 0 Å². The number of aromatic nitrogens is 2. The molecule has 0 amide bonds. The third kappa shape index (κ3) is 3.61. The summed E-state index contributed by atoms with van der Waals surface area (Å²) in [5, 5.41) is 0. The van der Waals surface area contributed by atoms with Crippen molar-refractivity contribution in [3.8, 4) is 0 Å². The van der Waals surface area contributed by atoms with Gasteiger partial charge in [0.05, 0.1) is 6.42 Å². The van der Waals surface area contributed by atoms with Crippen LogP contribution in [0, 0.1) is 0 Å². The predicted molar refractivity (Wildman–Crippen MR) is 73.3 cm³/mol. The second kappa shape index (κ2) is 6.26. The maximum absolute atomic E-state index is 3.54. The number of nitrogens with zero attached hydrogens (tertiary/aromatic N) is 2. The summed E-state index contributed by atoms with van der Waals surface area (Å²) in [7, 11) is 0. The second-order valence-electron chi connectivity index (χ2n) is 3.79. The van der Waals surface area contributed by atoms with Gasteiger partial charge in [0.15, 0.2) is 25.5 Å². The lowest BCUT2D eigenvalue weighted by molar-refractivity contribution is -0.737. The monoisotopic (exact) mass is 356 g/mol. The van der Waals surface area contributed by atoms with Gasteiger partial charge in [-0.15, -0.1) is 0 Å². The maximum atomic E-state index is 3.54. The van der Waals surface area contributed by atoms with Gasteiger partial charge in [-0.05, 0) is 12.1 Å². The minimum Gasteiger partial charge on any atom is -0.193 e. The van der Waals surface area contributed by atoms with Crippen molar-refractivity contribution in [3.63, 3.8) is 0 Å². The van der Waals surface area contributed by atoms with Crippen molar-refractivity contribution in [1.29, 1.82) is 0 Å². The first-order valence-corrected chi connectivity index (χ1v) is 7.14. The van der Waals surface area contributed by atoms with Crippen LogP contribution in [-0.4, -0.2) is 0 Å². The third-order valence-electron chi connectivity index (χ3n) is 2.57. The minimum atomic E-state index is 1.01. The highest BCUT2D eigenvalue weighted by Gasteiger charge is 2.09. The van der Waals surface area contributed by atoms with Crippen LogP contribution in [0.1, 0.15) is 6.42 Å². The first-order chi connectivity index (χ1) is 8.27. The van der Waals surface area contributed by atoms with E-state index < -0.39 is 0 Å². The molecule has 2 aromatic rings. The van der Waals surface area contributed by atoms with E-state index in [2.05, 4.69) is 77.7 Å². The normalized spacial score (nSPS) is 10.5. The Labute approximate surface area is 118 Å². The standard InChI is InChI=1S/C13H14Br2N2/c14-12-6-1-3-8-16(12)10-5-11-17-9-4-2-7-13(17)15/h1-4,6-9H,5,10-11H2/q+2. The summed E-state index contributed by atoms with van der Waals surface area (Å²) in [4.78, 5) is 0. The van der Waals surface area contributed by atoms with Crippen molar-refractivity contribution in [1.82, 2.24) is 0 Å². The molecule has 0 aliphatic rings. The highest BCUT2D eigenvalue weighted by atomic mass is 79.9. The molecule has 17 heavy (non-hydrogen) atoms. The van der Waals surface area contributed by atoms with Gasteiger partial charge in [0.25, 0.3) is 0 Å². The van der Waals surface area contributed by atoms with E-state index in [0.29, 0.717) is 0 Å². The molecule has 0 aliphatic heterocycles. The van der Waals surface area contributed by atoms with Crippen LogP contribution in [0.3, 0.4) is 0 Å². The van der Waals surface area contributed by atoms with E-state index in [-0.39, 0.29) is 0 Å². The van der Waals surface area contributed by atoms with Crippen molar-refractivity contribution in [2.75, 3.05) is 0 Å². The summed E-state index contributed by atoms with van der Waals surface area (Å²) >= 11 is 7.09. The van der Waals surface area contributed by atoms with Gasteiger partial charge in [0.1, 0.15) is 0 Å². The molecule has 88 valence electrons. The molecule has 2 heterocycles. The summed E-state index contributed by atoms with van der Waals surface area (Å²) in [6, 6.07) is 12.3. The Kier molecular flexibility index (Phi) is 4.68. The third-order valence-corrected chi connectivity index (χ3v) is 4.01. The molecule has 0 N–H and O–H groups in total. The van der Waals surface area contributed by atoms with E-state index in [1.807, 2.05) is 12.1 Å². The minimum absolute atomic E-state index is 1.01. The molecule has 0 saturated carbocycles. The fourth-order valence-corrected chi connectivity index (χ4v) is 2.58. The van der Waals surface area contributed by atoms with E-state index in [1.165, 1.54) is 0 Å². The molecule has 0 aromatic carbocycles. The smallest absolute Gasteiger partial charge is 0.193 e. The Balaban J connectivity index is 1.93. The summed E-state index contributed by atoms with van der Waals surface area (Å²) in [5.41, 5.74) is 0. The highest BCUT2D eigenvalue weighted by molar-refractivity contribution is 9.10. The molecule has 0 radical (unpaired) electrons. The molecular weight excluding hydrogens is 344 g/mol. The zero-order chi connectivity index (χ0) is 12.1. The zero-order valence-electron chi connectivity index (χ0n) is 9.39. The molecule has 0 spiro atoms. The van der Waals surface area contributed by atoms with Crippen LogP contribution in [-0.2, 0) is 13.1 Å². The number of aryl methyl sites for hydroxylation is 2. The second-order valence-corrected chi connectivity index (χ2v) is 5.41. The van der Waals surface area contributed by atoms with Gasteiger partial charge in [-0.2, -0.15) is 9.13 Å². The van der Waals surface area contributed by atoms with Gasteiger partial charge in [-0.1, -0.05) is 0 Å². The Morgan fingerprint density at radius 2 is 1.24 bits per heavy atom. The van der Waals surface area contributed by atoms with Gasteiger partial charge in [0.2, 0.25) is 9.21 Å². The molecule has 0 unspecified atom stereocenters. The SMILES string of the molecule is Brc1cccc[n+]1CCC[n+]1ccccc1Br. The van der Waals surface area contributed by atoms with Crippen LogP contribution >= 0.6 is 31.9 Å². The molecule has 0 fully saturated rings. The van der Waals surface area contributed by atoms with Gasteiger partial charge in [-0.3, -0.25) is 0 Å². The van der Waals surface area contributed by atoms with Crippen LogP contribution in [0.5, 0.6) is 0 Å².